The summed E-state index contributed by atoms with van der Waals surface area (Å²) in [5.41, 5.74) is 2.72. The second-order valence-corrected chi connectivity index (χ2v) is 5.95. The van der Waals surface area contributed by atoms with Crippen LogP contribution in [-0.2, 0) is 6.42 Å². The molecular weight excluding hydrogens is 328 g/mol. The highest BCUT2D eigenvalue weighted by Gasteiger charge is 2.23. The third-order valence-electron chi connectivity index (χ3n) is 4.16. The number of hydrogen-bond acceptors (Lipinski definition) is 4. The molecule has 0 saturated heterocycles. The van der Waals surface area contributed by atoms with Gasteiger partial charge >= 0.3 is 5.84 Å². The highest BCUT2D eigenvalue weighted by molar-refractivity contribution is 5.97. The van der Waals surface area contributed by atoms with Crippen molar-refractivity contribution in [3.63, 3.8) is 0 Å². The molecule has 1 amide bonds. The zero-order chi connectivity index (χ0) is 17.8. The zero-order valence-corrected chi connectivity index (χ0v) is 14.1. The van der Waals surface area contributed by atoms with Gasteiger partial charge in [-0.1, -0.05) is 60.7 Å². The molecule has 0 bridgehead atoms. The number of benzene rings is 2. The van der Waals surface area contributed by atoms with Gasteiger partial charge < -0.3 is 9.73 Å². The number of aryl methyl sites for hydroxylation is 1. The molecule has 130 valence electrons. The number of fused-ring (bicyclic) bond motifs is 1. The number of oxazole rings is 1. The van der Waals surface area contributed by atoms with Crippen LogP contribution in [0, 0.1) is 0 Å². The summed E-state index contributed by atoms with van der Waals surface area (Å²) in [5, 5.41) is 7.09. The lowest BCUT2D eigenvalue weighted by Crippen LogP contribution is -2.25. The summed E-state index contributed by atoms with van der Waals surface area (Å²) in [6.07, 6.45) is 3.18. The van der Waals surface area contributed by atoms with Crippen molar-refractivity contribution in [2.75, 3.05) is 6.54 Å². The molecule has 6 heteroatoms. The maximum atomic E-state index is 12.6. The third-order valence-corrected chi connectivity index (χ3v) is 4.16. The van der Waals surface area contributed by atoms with Gasteiger partial charge in [-0.15, -0.1) is 0 Å². The van der Waals surface area contributed by atoms with Crippen LogP contribution in [-0.4, -0.2) is 27.0 Å². The number of hydrogen-bond donors (Lipinski definition) is 1. The number of nitrogens with one attached hydrogen (secondary N) is 1. The predicted molar refractivity (Wildman–Crippen MR) is 97.8 cm³/mol. The van der Waals surface area contributed by atoms with Crippen molar-refractivity contribution in [2.45, 2.75) is 12.8 Å². The summed E-state index contributed by atoms with van der Waals surface area (Å²) >= 11 is 0. The van der Waals surface area contributed by atoms with E-state index in [-0.39, 0.29) is 11.7 Å². The highest BCUT2D eigenvalue weighted by atomic mass is 16.4. The topological polar surface area (TPSA) is 72.4 Å². The van der Waals surface area contributed by atoms with Crippen LogP contribution in [0.4, 0.5) is 0 Å². The van der Waals surface area contributed by atoms with Crippen LogP contribution in [0.5, 0.6) is 0 Å². The van der Waals surface area contributed by atoms with Crippen LogP contribution in [0.2, 0.25) is 0 Å². The Bertz CT molecular complexity index is 1010. The van der Waals surface area contributed by atoms with Crippen LogP contribution in [0.15, 0.2) is 71.4 Å². The minimum Gasteiger partial charge on any atom is -0.416 e. The Balaban J connectivity index is 1.49. The Hall–Kier alpha value is -3.41. The number of nitrogens with zero attached hydrogens (tertiary/aromatic N) is 3. The van der Waals surface area contributed by atoms with E-state index in [1.54, 1.807) is 4.52 Å². The molecule has 26 heavy (non-hydrogen) atoms. The van der Waals surface area contributed by atoms with Gasteiger partial charge in [0.2, 0.25) is 5.76 Å². The maximum Gasteiger partial charge on any atom is 0.325 e. The number of carbonyl (C=O) groups excluding carboxylic acids is 1. The van der Waals surface area contributed by atoms with Crippen molar-refractivity contribution in [1.29, 1.82) is 0 Å². The van der Waals surface area contributed by atoms with Gasteiger partial charge in [-0.05, 0) is 18.4 Å². The molecule has 2 heterocycles. The lowest BCUT2D eigenvalue weighted by Gasteiger charge is -2.05. The van der Waals surface area contributed by atoms with Gasteiger partial charge in [0.1, 0.15) is 12.0 Å². The summed E-state index contributed by atoms with van der Waals surface area (Å²) in [6, 6.07) is 19.8. The van der Waals surface area contributed by atoms with E-state index in [9.17, 15) is 4.79 Å². The van der Waals surface area contributed by atoms with Crippen LogP contribution in [0.25, 0.3) is 17.1 Å². The largest absolute Gasteiger partial charge is 0.416 e. The fourth-order valence-electron chi connectivity index (χ4n) is 2.91. The minimum atomic E-state index is -0.260. The molecule has 2 aromatic carbocycles. The standard InChI is InChI=1S/C20H18N4O2/c25-19(21-13-7-10-15-8-3-1-4-9-15)18-17(16-11-5-2-6-12-16)24-20(26-18)22-14-23-24/h1-6,8-9,11-12,14H,7,10,13H2,(H,21,25). The summed E-state index contributed by atoms with van der Waals surface area (Å²) in [4.78, 5) is 16.7. The number of aromatic nitrogens is 3. The van der Waals surface area contributed by atoms with E-state index in [1.165, 1.54) is 11.9 Å². The van der Waals surface area contributed by atoms with Crippen molar-refractivity contribution in [3.8, 4) is 11.3 Å². The maximum absolute atomic E-state index is 12.6. The van der Waals surface area contributed by atoms with Crippen LogP contribution < -0.4 is 5.32 Å². The number of amides is 1. The number of carbonyl (C=O) groups is 1. The molecule has 0 fully saturated rings. The molecule has 0 saturated carbocycles. The van der Waals surface area contributed by atoms with E-state index < -0.39 is 0 Å². The van der Waals surface area contributed by atoms with Gasteiger partial charge in [-0.3, -0.25) is 4.79 Å². The molecule has 0 unspecified atom stereocenters. The fourth-order valence-corrected chi connectivity index (χ4v) is 2.91. The normalized spacial score (nSPS) is 10.9. The summed E-state index contributed by atoms with van der Waals surface area (Å²) < 4.78 is 7.20. The molecule has 0 aliphatic heterocycles. The van der Waals surface area contributed by atoms with Gasteiger partial charge in [0.25, 0.3) is 5.91 Å². The van der Waals surface area contributed by atoms with Crippen molar-refractivity contribution >= 4 is 11.8 Å². The van der Waals surface area contributed by atoms with Gasteiger partial charge in [0, 0.05) is 12.1 Å². The van der Waals surface area contributed by atoms with E-state index in [0.29, 0.717) is 18.1 Å². The van der Waals surface area contributed by atoms with Crippen LogP contribution in [0.1, 0.15) is 22.5 Å². The molecule has 0 radical (unpaired) electrons. The molecule has 0 aliphatic rings. The molecule has 4 aromatic rings. The molecular formula is C20H18N4O2. The lowest BCUT2D eigenvalue weighted by atomic mass is 10.1. The highest BCUT2D eigenvalue weighted by Crippen LogP contribution is 2.26. The molecule has 4 rings (SSSR count). The van der Waals surface area contributed by atoms with E-state index in [0.717, 1.165) is 18.4 Å². The van der Waals surface area contributed by atoms with Crippen molar-refractivity contribution in [2.24, 2.45) is 0 Å². The average Bonchev–Trinajstić information content (AvgIpc) is 3.28. The molecule has 6 nitrogen and oxygen atoms in total. The first-order valence-corrected chi connectivity index (χ1v) is 8.53. The summed E-state index contributed by atoms with van der Waals surface area (Å²) in [5.74, 6) is 0.272. The third kappa shape index (κ3) is 3.21. The Morgan fingerprint density at radius 2 is 1.77 bits per heavy atom. The molecule has 0 spiro atoms. The second kappa shape index (κ2) is 7.23. The number of rotatable bonds is 6. The quantitative estimate of drug-likeness (QED) is 0.544. The smallest absolute Gasteiger partial charge is 0.325 e. The van der Waals surface area contributed by atoms with Crippen LogP contribution in [0.3, 0.4) is 0 Å². The summed E-state index contributed by atoms with van der Waals surface area (Å²) in [7, 11) is 0. The first kappa shape index (κ1) is 16.1. The first-order chi connectivity index (χ1) is 12.8. The monoisotopic (exact) mass is 346 g/mol. The van der Waals surface area contributed by atoms with Crippen molar-refractivity contribution in [1.82, 2.24) is 19.9 Å². The Kier molecular flexibility index (Phi) is 4.47. The predicted octanol–water partition coefficient (Wildman–Crippen LogP) is 3.35. The van der Waals surface area contributed by atoms with Gasteiger partial charge in [-0.25, -0.2) is 0 Å². The lowest BCUT2D eigenvalue weighted by molar-refractivity contribution is 0.0928. The van der Waals surface area contributed by atoms with Gasteiger partial charge in [0.15, 0.2) is 0 Å². The molecule has 2 aromatic heterocycles. The van der Waals surface area contributed by atoms with E-state index >= 15 is 0 Å². The van der Waals surface area contributed by atoms with E-state index in [1.807, 2.05) is 48.5 Å². The Morgan fingerprint density at radius 3 is 2.54 bits per heavy atom. The Morgan fingerprint density at radius 1 is 1.04 bits per heavy atom. The molecule has 1 N–H and O–H groups in total. The van der Waals surface area contributed by atoms with Gasteiger partial charge in [-0.2, -0.15) is 14.6 Å². The molecule has 0 aliphatic carbocycles. The summed E-state index contributed by atoms with van der Waals surface area (Å²) in [6.45, 7) is 0.568. The second-order valence-electron chi connectivity index (χ2n) is 5.95. The van der Waals surface area contributed by atoms with E-state index in [4.69, 9.17) is 4.42 Å². The minimum absolute atomic E-state index is 0.228. The van der Waals surface area contributed by atoms with Gasteiger partial charge in [0.05, 0.1) is 0 Å². The average molecular weight is 346 g/mol. The van der Waals surface area contributed by atoms with Crippen LogP contribution >= 0.6 is 0 Å². The fraction of sp³-hybridized carbons (Fsp3) is 0.150. The zero-order valence-electron chi connectivity index (χ0n) is 14.1. The molecule has 0 atom stereocenters. The SMILES string of the molecule is O=C(NCCCc1ccccc1)c1oc2ncnn2c1-c1ccccc1. The van der Waals surface area contributed by atoms with E-state index in [2.05, 4.69) is 27.5 Å². The Labute approximate surface area is 150 Å². The van der Waals surface area contributed by atoms with Crippen molar-refractivity contribution < 1.29 is 9.21 Å². The van der Waals surface area contributed by atoms with Crippen molar-refractivity contribution in [3.05, 3.63) is 78.3 Å². The first-order valence-electron chi connectivity index (χ1n) is 8.53.